The lowest BCUT2D eigenvalue weighted by Gasteiger charge is -2.21. The molecule has 4 rings (SSSR count). The van der Waals surface area contributed by atoms with Crippen LogP contribution >= 0.6 is 0 Å². The SMILES string of the molecule is COc1ccc(CCC2(C)NC(=O)N(CC(=O)c3ccc4c(c3)OCCCO4)C2=O)cc1. The molecule has 3 amide bonds. The van der Waals surface area contributed by atoms with Gasteiger partial charge in [0, 0.05) is 12.0 Å². The lowest BCUT2D eigenvalue weighted by atomic mass is 9.93. The number of ether oxygens (including phenoxy) is 3. The Labute approximate surface area is 186 Å². The summed E-state index contributed by atoms with van der Waals surface area (Å²) in [6.07, 6.45) is 1.77. The number of amides is 3. The molecule has 0 aliphatic carbocycles. The number of hydrogen-bond acceptors (Lipinski definition) is 6. The minimum absolute atomic E-state index is 0.331. The van der Waals surface area contributed by atoms with E-state index >= 15 is 0 Å². The quantitative estimate of drug-likeness (QED) is 0.528. The van der Waals surface area contributed by atoms with E-state index < -0.39 is 17.5 Å². The van der Waals surface area contributed by atoms with E-state index in [1.807, 2.05) is 24.3 Å². The Kier molecular flexibility index (Phi) is 6.03. The molecule has 2 aliphatic heterocycles. The van der Waals surface area contributed by atoms with Crippen LogP contribution in [0.5, 0.6) is 17.2 Å². The molecular formula is C24H26N2O6. The molecule has 168 valence electrons. The lowest BCUT2D eigenvalue weighted by Crippen LogP contribution is -2.44. The van der Waals surface area contributed by atoms with Gasteiger partial charge in [0.05, 0.1) is 26.9 Å². The molecule has 2 heterocycles. The minimum atomic E-state index is -1.07. The summed E-state index contributed by atoms with van der Waals surface area (Å²) < 4.78 is 16.4. The number of nitrogens with one attached hydrogen (secondary N) is 1. The van der Waals surface area contributed by atoms with Crippen molar-refractivity contribution in [2.24, 2.45) is 0 Å². The molecule has 2 aliphatic rings. The number of imide groups is 1. The van der Waals surface area contributed by atoms with Crippen LogP contribution in [0.15, 0.2) is 42.5 Å². The zero-order valence-corrected chi connectivity index (χ0v) is 18.2. The average Bonchev–Trinajstić information content (AvgIpc) is 2.96. The number of ketones is 1. The standard InChI is InChI=1S/C24H26N2O6/c1-24(11-10-16-4-7-18(30-2)8-5-16)22(28)26(23(29)25-24)15-19(27)17-6-9-20-21(14-17)32-13-3-12-31-20/h4-9,14H,3,10-13,15H2,1-2H3,(H,25,29). The summed E-state index contributed by atoms with van der Waals surface area (Å²) in [5.41, 5.74) is 0.319. The van der Waals surface area contributed by atoms with Crippen molar-refractivity contribution in [1.29, 1.82) is 0 Å². The lowest BCUT2D eigenvalue weighted by molar-refractivity contribution is -0.130. The van der Waals surface area contributed by atoms with Gasteiger partial charge in [-0.1, -0.05) is 12.1 Å². The topological polar surface area (TPSA) is 94.2 Å². The molecule has 0 aromatic heterocycles. The third kappa shape index (κ3) is 4.39. The van der Waals surface area contributed by atoms with Gasteiger partial charge in [0.15, 0.2) is 17.3 Å². The van der Waals surface area contributed by atoms with Gasteiger partial charge in [-0.2, -0.15) is 0 Å². The molecule has 0 spiro atoms. The molecule has 1 fully saturated rings. The third-order valence-electron chi connectivity index (χ3n) is 5.79. The first-order chi connectivity index (χ1) is 15.4. The van der Waals surface area contributed by atoms with Crippen LogP contribution in [-0.4, -0.2) is 55.0 Å². The fourth-order valence-corrected chi connectivity index (χ4v) is 3.82. The van der Waals surface area contributed by atoms with Gasteiger partial charge in [-0.3, -0.25) is 14.5 Å². The van der Waals surface area contributed by atoms with Gasteiger partial charge in [0.1, 0.15) is 11.3 Å². The number of carbonyl (C=O) groups excluding carboxylic acids is 3. The first-order valence-corrected chi connectivity index (χ1v) is 10.6. The molecule has 2 aromatic carbocycles. The number of rotatable bonds is 7. The molecule has 1 atom stereocenters. The van der Waals surface area contributed by atoms with Crippen molar-refractivity contribution in [1.82, 2.24) is 10.2 Å². The van der Waals surface area contributed by atoms with E-state index in [0.717, 1.165) is 22.6 Å². The smallest absolute Gasteiger partial charge is 0.325 e. The molecule has 1 N–H and O–H groups in total. The van der Waals surface area contributed by atoms with Crippen LogP contribution in [0.2, 0.25) is 0 Å². The molecule has 1 unspecified atom stereocenters. The Bertz CT molecular complexity index is 1040. The number of Topliss-reactive ketones (excluding diaryl/α,β-unsaturated/α-hetero) is 1. The Morgan fingerprint density at radius 1 is 1.09 bits per heavy atom. The average molecular weight is 438 g/mol. The van der Waals surface area contributed by atoms with E-state index in [9.17, 15) is 14.4 Å². The number of fused-ring (bicyclic) bond motifs is 1. The highest BCUT2D eigenvalue weighted by Crippen LogP contribution is 2.31. The van der Waals surface area contributed by atoms with Crippen LogP contribution in [0, 0.1) is 0 Å². The Morgan fingerprint density at radius 2 is 1.81 bits per heavy atom. The summed E-state index contributed by atoms with van der Waals surface area (Å²) in [5.74, 6) is 1.09. The fourth-order valence-electron chi connectivity index (χ4n) is 3.82. The predicted molar refractivity (Wildman–Crippen MR) is 116 cm³/mol. The zero-order valence-electron chi connectivity index (χ0n) is 18.2. The number of nitrogens with zero attached hydrogens (tertiary/aromatic N) is 1. The van der Waals surface area contributed by atoms with E-state index in [-0.39, 0.29) is 12.3 Å². The number of hydrogen-bond donors (Lipinski definition) is 1. The molecule has 1 saturated heterocycles. The number of methoxy groups -OCH3 is 1. The van der Waals surface area contributed by atoms with Gasteiger partial charge < -0.3 is 19.5 Å². The molecular weight excluding hydrogens is 412 g/mol. The molecule has 0 saturated carbocycles. The monoisotopic (exact) mass is 438 g/mol. The highest BCUT2D eigenvalue weighted by atomic mass is 16.5. The van der Waals surface area contributed by atoms with Crippen molar-refractivity contribution in [2.45, 2.75) is 31.7 Å². The fraction of sp³-hybridized carbons (Fsp3) is 0.375. The van der Waals surface area contributed by atoms with Crippen LogP contribution in [-0.2, 0) is 11.2 Å². The maximum atomic E-state index is 13.0. The van der Waals surface area contributed by atoms with Gasteiger partial charge in [-0.05, 0) is 55.7 Å². The summed E-state index contributed by atoms with van der Waals surface area (Å²) in [6, 6.07) is 11.9. The maximum absolute atomic E-state index is 13.0. The largest absolute Gasteiger partial charge is 0.497 e. The molecule has 0 bridgehead atoms. The third-order valence-corrected chi connectivity index (χ3v) is 5.79. The second kappa shape index (κ2) is 8.90. The maximum Gasteiger partial charge on any atom is 0.325 e. The molecule has 0 radical (unpaired) electrons. The summed E-state index contributed by atoms with van der Waals surface area (Å²) in [6.45, 7) is 2.42. The zero-order chi connectivity index (χ0) is 22.7. The second-order valence-corrected chi connectivity index (χ2v) is 8.14. The van der Waals surface area contributed by atoms with Gasteiger partial charge >= 0.3 is 6.03 Å². The number of aryl methyl sites for hydroxylation is 1. The Balaban J connectivity index is 1.42. The Hall–Kier alpha value is -3.55. The van der Waals surface area contributed by atoms with Crippen molar-refractivity contribution in [2.75, 3.05) is 26.9 Å². The normalized spacial score (nSPS) is 20.0. The van der Waals surface area contributed by atoms with Crippen molar-refractivity contribution in [3.05, 3.63) is 53.6 Å². The molecule has 2 aromatic rings. The summed E-state index contributed by atoms with van der Waals surface area (Å²) in [4.78, 5) is 39.4. The highest BCUT2D eigenvalue weighted by molar-refractivity contribution is 6.11. The van der Waals surface area contributed by atoms with Crippen LogP contribution < -0.4 is 19.5 Å². The van der Waals surface area contributed by atoms with Gasteiger partial charge in [-0.15, -0.1) is 0 Å². The number of carbonyl (C=O) groups is 3. The highest BCUT2D eigenvalue weighted by Gasteiger charge is 2.47. The van der Waals surface area contributed by atoms with E-state index in [1.54, 1.807) is 32.2 Å². The van der Waals surface area contributed by atoms with Crippen LogP contribution in [0.3, 0.4) is 0 Å². The Morgan fingerprint density at radius 3 is 2.53 bits per heavy atom. The van der Waals surface area contributed by atoms with Gasteiger partial charge in [0.25, 0.3) is 5.91 Å². The van der Waals surface area contributed by atoms with Crippen LogP contribution in [0.1, 0.15) is 35.7 Å². The number of urea groups is 1. The predicted octanol–water partition coefficient (Wildman–Crippen LogP) is 2.98. The molecule has 8 nitrogen and oxygen atoms in total. The molecule has 8 heteroatoms. The van der Waals surface area contributed by atoms with Gasteiger partial charge in [0.2, 0.25) is 0 Å². The van der Waals surface area contributed by atoms with Gasteiger partial charge in [-0.25, -0.2) is 4.79 Å². The molecule has 32 heavy (non-hydrogen) atoms. The van der Waals surface area contributed by atoms with Crippen molar-refractivity contribution in [3.63, 3.8) is 0 Å². The minimum Gasteiger partial charge on any atom is -0.497 e. The second-order valence-electron chi connectivity index (χ2n) is 8.14. The van der Waals surface area contributed by atoms with Crippen molar-refractivity contribution >= 4 is 17.7 Å². The summed E-state index contributed by atoms with van der Waals surface area (Å²) >= 11 is 0. The van der Waals surface area contributed by atoms with E-state index in [4.69, 9.17) is 14.2 Å². The van der Waals surface area contributed by atoms with Crippen LogP contribution in [0.25, 0.3) is 0 Å². The van der Waals surface area contributed by atoms with E-state index in [1.165, 1.54) is 0 Å². The first-order valence-electron chi connectivity index (χ1n) is 10.6. The van der Waals surface area contributed by atoms with E-state index in [2.05, 4.69) is 5.32 Å². The summed E-state index contributed by atoms with van der Waals surface area (Å²) in [7, 11) is 1.60. The van der Waals surface area contributed by atoms with Crippen LogP contribution in [0.4, 0.5) is 4.79 Å². The summed E-state index contributed by atoms with van der Waals surface area (Å²) in [5, 5.41) is 2.75. The van der Waals surface area contributed by atoms with E-state index in [0.29, 0.717) is 43.1 Å². The van der Waals surface area contributed by atoms with Crippen molar-refractivity contribution in [3.8, 4) is 17.2 Å². The number of benzene rings is 2. The van der Waals surface area contributed by atoms with Crippen molar-refractivity contribution < 1.29 is 28.6 Å². The first kappa shape index (κ1) is 21.7.